The minimum Gasteiger partial charge on any atom is -0.393 e. The van der Waals surface area contributed by atoms with Gasteiger partial charge in [-0.25, -0.2) is 4.98 Å². The van der Waals surface area contributed by atoms with E-state index in [-0.39, 0.29) is 24.0 Å². The summed E-state index contributed by atoms with van der Waals surface area (Å²) in [6.07, 6.45) is 3.87. The van der Waals surface area contributed by atoms with Gasteiger partial charge in [0.15, 0.2) is 5.13 Å². The molecule has 1 unspecified atom stereocenters. The van der Waals surface area contributed by atoms with Crippen LogP contribution in [0.5, 0.6) is 0 Å². The number of anilines is 1. The number of thiazole rings is 1. The van der Waals surface area contributed by atoms with Gasteiger partial charge in [-0.15, -0.1) is 11.3 Å². The number of aliphatic hydroxyl groups excluding tert-OH is 1. The number of nitrogen functional groups attached to an aromatic ring is 1. The molecule has 0 spiro atoms. The normalized spacial score (nSPS) is 20.2. The number of nitrogens with two attached hydrogens (primary N) is 1. The van der Waals surface area contributed by atoms with Gasteiger partial charge in [0.25, 0.3) is 0 Å². The van der Waals surface area contributed by atoms with Crippen molar-refractivity contribution >= 4 is 33.3 Å². The van der Waals surface area contributed by atoms with E-state index in [0.29, 0.717) is 30.8 Å². The lowest BCUT2D eigenvalue weighted by atomic mass is 9.75. The van der Waals surface area contributed by atoms with Gasteiger partial charge in [0, 0.05) is 23.4 Å². The second kappa shape index (κ2) is 7.62. The highest BCUT2D eigenvalue weighted by atomic mass is 32.1. The molecule has 1 aliphatic carbocycles. The Morgan fingerprint density at radius 3 is 2.93 bits per heavy atom. The van der Waals surface area contributed by atoms with Gasteiger partial charge in [-0.05, 0) is 42.9 Å². The molecule has 0 aliphatic heterocycles. The van der Waals surface area contributed by atoms with Crippen molar-refractivity contribution in [3.8, 4) is 0 Å². The summed E-state index contributed by atoms with van der Waals surface area (Å²) in [5.74, 6) is 0.197. The first-order valence-electron chi connectivity index (χ1n) is 9.10. The molecule has 2 heterocycles. The van der Waals surface area contributed by atoms with E-state index >= 15 is 0 Å². The molecule has 27 heavy (non-hydrogen) atoms. The fourth-order valence-corrected chi connectivity index (χ4v) is 4.16. The maximum absolute atomic E-state index is 12.5. The lowest BCUT2D eigenvalue weighted by molar-refractivity contribution is -0.123. The molecule has 1 atom stereocenters. The number of aryl methyl sites for hydroxylation is 1. The number of benzene rings is 1. The fourth-order valence-electron chi connectivity index (χ4n) is 3.56. The number of hydrogen-bond acceptors (Lipinski definition) is 6. The molecule has 1 aliphatic rings. The third-order valence-electron chi connectivity index (χ3n) is 5.09. The molecule has 7 heteroatoms. The molecule has 4 rings (SSSR count). The summed E-state index contributed by atoms with van der Waals surface area (Å²) in [4.78, 5) is 21.3. The Morgan fingerprint density at radius 2 is 2.19 bits per heavy atom. The highest BCUT2D eigenvalue weighted by Crippen LogP contribution is 2.38. The third-order valence-corrected chi connectivity index (χ3v) is 5.81. The minimum absolute atomic E-state index is 0.0267. The van der Waals surface area contributed by atoms with Gasteiger partial charge in [-0.1, -0.05) is 18.2 Å². The van der Waals surface area contributed by atoms with Gasteiger partial charge in [-0.2, -0.15) is 0 Å². The first kappa shape index (κ1) is 17.9. The van der Waals surface area contributed by atoms with Crippen molar-refractivity contribution in [1.29, 1.82) is 0 Å². The number of carbonyl (C=O) groups is 1. The van der Waals surface area contributed by atoms with Gasteiger partial charge < -0.3 is 16.2 Å². The van der Waals surface area contributed by atoms with Gasteiger partial charge in [-0.3, -0.25) is 9.78 Å². The van der Waals surface area contributed by atoms with Gasteiger partial charge in [0.1, 0.15) is 0 Å². The predicted octanol–water partition coefficient (Wildman–Crippen LogP) is 2.83. The van der Waals surface area contributed by atoms with E-state index in [0.717, 1.165) is 22.2 Å². The number of pyridine rings is 1. The molecule has 6 nitrogen and oxygen atoms in total. The molecule has 2 aromatic heterocycles. The van der Waals surface area contributed by atoms with Crippen molar-refractivity contribution in [3.05, 3.63) is 53.2 Å². The summed E-state index contributed by atoms with van der Waals surface area (Å²) in [5, 5.41) is 16.3. The highest BCUT2D eigenvalue weighted by Gasteiger charge is 2.35. The Hall–Kier alpha value is -2.51. The number of carbonyl (C=O) groups excluding carboxylic acids is 1. The molecule has 3 aromatic rings. The SMILES string of the molecule is Nc1nc(CCC(=O)NC(c2cnc3ccccc3c2)C2CC(O)C2)cs1. The summed E-state index contributed by atoms with van der Waals surface area (Å²) < 4.78 is 0. The zero-order chi connectivity index (χ0) is 18.8. The lowest BCUT2D eigenvalue weighted by Gasteiger charge is -2.38. The van der Waals surface area contributed by atoms with Crippen molar-refractivity contribution < 1.29 is 9.90 Å². The monoisotopic (exact) mass is 382 g/mol. The van der Waals surface area contributed by atoms with Crippen LogP contribution in [0.15, 0.2) is 41.9 Å². The van der Waals surface area contributed by atoms with Crippen LogP contribution < -0.4 is 11.1 Å². The van der Waals surface area contributed by atoms with Crippen molar-refractivity contribution in [3.63, 3.8) is 0 Å². The molecular formula is C20H22N4O2S. The standard InChI is InChI=1S/C20H22N4O2S/c21-20-23-15(11-27-20)5-6-18(26)24-19(13-8-16(25)9-13)14-7-12-3-1-2-4-17(12)22-10-14/h1-4,7,10-11,13,16,19,25H,5-6,8-9H2,(H2,21,23)(H,24,26). The number of rotatable bonds is 6. The number of hydrogen-bond donors (Lipinski definition) is 3. The quantitative estimate of drug-likeness (QED) is 0.608. The van der Waals surface area contributed by atoms with Crippen LogP contribution in [-0.2, 0) is 11.2 Å². The van der Waals surface area contributed by atoms with Crippen molar-refractivity contribution in [2.24, 2.45) is 5.92 Å². The van der Waals surface area contributed by atoms with Crippen LogP contribution in [0.4, 0.5) is 5.13 Å². The third kappa shape index (κ3) is 4.09. The summed E-state index contributed by atoms with van der Waals surface area (Å²) in [6, 6.07) is 9.87. The number of nitrogens with one attached hydrogen (secondary N) is 1. The Balaban J connectivity index is 1.49. The van der Waals surface area contributed by atoms with Crippen molar-refractivity contribution in [2.45, 2.75) is 37.8 Å². The number of fused-ring (bicyclic) bond motifs is 1. The van der Waals surface area contributed by atoms with Crippen LogP contribution >= 0.6 is 11.3 Å². The lowest BCUT2D eigenvalue weighted by Crippen LogP contribution is -2.41. The van der Waals surface area contributed by atoms with Crippen molar-refractivity contribution in [2.75, 3.05) is 5.73 Å². The van der Waals surface area contributed by atoms with E-state index < -0.39 is 0 Å². The Labute approximate surface area is 161 Å². The Bertz CT molecular complexity index is 952. The fraction of sp³-hybridized carbons (Fsp3) is 0.350. The van der Waals surface area contributed by atoms with E-state index in [1.165, 1.54) is 11.3 Å². The molecular weight excluding hydrogens is 360 g/mol. The Kier molecular flexibility index (Phi) is 5.05. The zero-order valence-electron chi connectivity index (χ0n) is 14.8. The molecule has 0 radical (unpaired) electrons. The molecule has 4 N–H and O–H groups in total. The smallest absolute Gasteiger partial charge is 0.220 e. The van der Waals surface area contributed by atoms with Gasteiger partial charge in [0.2, 0.25) is 5.91 Å². The van der Waals surface area contributed by atoms with Crippen LogP contribution in [0.2, 0.25) is 0 Å². The average molecular weight is 382 g/mol. The minimum atomic E-state index is -0.277. The van der Waals surface area contributed by atoms with E-state index in [1.807, 2.05) is 35.8 Å². The summed E-state index contributed by atoms with van der Waals surface area (Å²) in [7, 11) is 0. The second-order valence-corrected chi connectivity index (χ2v) is 7.96. The largest absolute Gasteiger partial charge is 0.393 e. The van der Waals surface area contributed by atoms with Crippen LogP contribution in [0.1, 0.15) is 36.6 Å². The van der Waals surface area contributed by atoms with Gasteiger partial charge in [0.05, 0.1) is 23.4 Å². The molecule has 140 valence electrons. The summed E-state index contributed by atoms with van der Waals surface area (Å²) >= 11 is 1.38. The summed E-state index contributed by atoms with van der Waals surface area (Å²) in [6.45, 7) is 0. The van der Waals surface area contributed by atoms with Crippen molar-refractivity contribution in [1.82, 2.24) is 15.3 Å². The maximum atomic E-state index is 12.5. The van der Waals surface area contributed by atoms with E-state index in [2.05, 4.69) is 21.4 Å². The Morgan fingerprint density at radius 1 is 1.37 bits per heavy atom. The van der Waals surface area contributed by atoms with Crippen LogP contribution in [0.3, 0.4) is 0 Å². The van der Waals surface area contributed by atoms with E-state index in [9.17, 15) is 9.90 Å². The van der Waals surface area contributed by atoms with Crippen LogP contribution in [-0.4, -0.2) is 27.1 Å². The van der Waals surface area contributed by atoms with E-state index in [1.54, 1.807) is 0 Å². The number of nitrogens with zero attached hydrogens (tertiary/aromatic N) is 2. The predicted molar refractivity (Wildman–Crippen MR) is 106 cm³/mol. The molecule has 1 amide bonds. The van der Waals surface area contributed by atoms with Gasteiger partial charge >= 0.3 is 0 Å². The first-order chi connectivity index (χ1) is 13.1. The van der Waals surface area contributed by atoms with Crippen LogP contribution in [0.25, 0.3) is 10.9 Å². The molecule has 1 aromatic carbocycles. The highest BCUT2D eigenvalue weighted by molar-refractivity contribution is 7.13. The number of aliphatic hydroxyl groups is 1. The second-order valence-electron chi connectivity index (χ2n) is 7.07. The van der Waals surface area contributed by atoms with E-state index in [4.69, 9.17) is 5.73 Å². The maximum Gasteiger partial charge on any atom is 0.220 e. The molecule has 1 fully saturated rings. The number of amides is 1. The molecule has 1 saturated carbocycles. The number of para-hydroxylation sites is 1. The topological polar surface area (TPSA) is 101 Å². The number of aromatic nitrogens is 2. The summed E-state index contributed by atoms with van der Waals surface area (Å²) in [5.41, 5.74) is 8.40. The first-order valence-corrected chi connectivity index (χ1v) is 9.98. The molecule has 0 bridgehead atoms. The zero-order valence-corrected chi connectivity index (χ0v) is 15.7. The molecule has 0 saturated heterocycles. The average Bonchev–Trinajstić information content (AvgIpc) is 3.07. The van der Waals surface area contributed by atoms with Crippen LogP contribution in [0, 0.1) is 5.92 Å².